The van der Waals surface area contributed by atoms with Crippen LogP contribution in [0.1, 0.15) is 6.42 Å². The molecule has 0 fully saturated rings. The molecule has 106 valence electrons. The van der Waals surface area contributed by atoms with Crippen molar-refractivity contribution in [2.45, 2.75) is 12.5 Å². The fourth-order valence-corrected chi connectivity index (χ4v) is 2.07. The van der Waals surface area contributed by atoms with E-state index in [2.05, 4.69) is 0 Å². The first-order valence-corrected chi connectivity index (χ1v) is 7.17. The maximum atomic E-state index is 10.6. The van der Waals surface area contributed by atoms with Crippen molar-refractivity contribution in [1.82, 2.24) is 0 Å². The fourth-order valence-electron chi connectivity index (χ4n) is 1.34. The van der Waals surface area contributed by atoms with Crippen LogP contribution in [-0.2, 0) is 4.57 Å². The number of non-ortho nitro benzene ring substituents is 1. The lowest BCUT2D eigenvalue weighted by Gasteiger charge is -2.12. The lowest BCUT2D eigenvalue weighted by atomic mass is 10.3. The zero-order valence-electron chi connectivity index (χ0n) is 9.88. The number of ether oxygens (including phenoxy) is 1. The molecule has 0 aliphatic rings. The van der Waals surface area contributed by atoms with Gasteiger partial charge in [-0.25, -0.2) is 0 Å². The molecule has 0 aliphatic carbocycles. The molecule has 19 heavy (non-hydrogen) atoms. The smallest absolute Gasteiger partial charge is 0.328 e. The molecule has 1 aromatic carbocycles. The molecule has 8 nitrogen and oxygen atoms in total. The normalized spacial score (nSPS) is 13.0. The SMILES string of the molecule is O=[N+]([O-])c1ccc(OCCC(O)CP(=O)(O)O)cc1. The minimum absolute atomic E-state index is 0.0545. The minimum Gasteiger partial charge on any atom is -0.493 e. The third-order valence-electron chi connectivity index (χ3n) is 2.22. The van der Waals surface area contributed by atoms with Gasteiger partial charge in [-0.2, -0.15) is 0 Å². The Morgan fingerprint density at radius 3 is 2.37 bits per heavy atom. The van der Waals surface area contributed by atoms with E-state index >= 15 is 0 Å². The number of nitro groups is 1. The predicted molar refractivity (Wildman–Crippen MR) is 66.1 cm³/mol. The number of benzene rings is 1. The van der Waals surface area contributed by atoms with Crippen molar-refractivity contribution in [3.63, 3.8) is 0 Å². The molecule has 1 unspecified atom stereocenters. The highest BCUT2D eigenvalue weighted by Gasteiger charge is 2.19. The molecule has 0 amide bonds. The molecule has 0 spiro atoms. The standard InChI is InChI=1S/C10H14NO7P/c12-9(7-19(15,16)17)5-6-18-10-3-1-8(2-4-10)11(13)14/h1-4,9,12H,5-7H2,(H2,15,16,17). The van der Waals surface area contributed by atoms with Crippen molar-refractivity contribution in [1.29, 1.82) is 0 Å². The lowest BCUT2D eigenvalue weighted by molar-refractivity contribution is -0.384. The Labute approximate surface area is 109 Å². The first-order valence-electron chi connectivity index (χ1n) is 5.38. The Bertz CT molecular complexity index is 469. The average Bonchev–Trinajstić information content (AvgIpc) is 2.27. The van der Waals surface area contributed by atoms with Crippen LogP contribution in [0.4, 0.5) is 5.69 Å². The second-order valence-corrected chi connectivity index (χ2v) is 5.58. The van der Waals surface area contributed by atoms with Gasteiger partial charge in [0.15, 0.2) is 0 Å². The van der Waals surface area contributed by atoms with Crippen molar-refractivity contribution in [2.75, 3.05) is 12.8 Å². The summed E-state index contributed by atoms with van der Waals surface area (Å²) in [5, 5.41) is 19.7. The quantitative estimate of drug-likeness (QED) is 0.386. The summed E-state index contributed by atoms with van der Waals surface area (Å²) in [5.74, 6) is 0.383. The number of hydrogen-bond acceptors (Lipinski definition) is 5. The zero-order chi connectivity index (χ0) is 14.5. The van der Waals surface area contributed by atoms with Gasteiger partial charge in [0, 0.05) is 18.6 Å². The van der Waals surface area contributed by atoms with Gasteiger partial charge >= 0.3 is 7.60 Å². The van der Waals surface area contributed by atoms with Gasteiger partial charge in [0.05, 0.1) is 23.8 Å². The molecule has 0 heterocycles. The van der Waals surface area contributed by atoms with E-state index in [4.69, 9.17) is 14.5 Å². The summed E-state index contributed by atoms with van der Waals surface area (Å²) < 4.78 is 15.8. The molecule has 0 radical (unpaired) electrons. The highest BCUT2D eigenvalue weighted by molar-refractivity contribution is 7.51. The second-order valence-electron chi connectivity index (χ2n) is 3.89. The first kappa shape index (κ1) is 15.6. The Balaban J connectivity index is 2.37. The Kier molecular flexibility index (Phi) is 5.44. The van der Waals surface area contributed by atoms with Gasteiger partial charge < -0.3 is 19.6 Å². The van der Waals surface area contributed by atoms with E-state index in [1.165, 1.54) is 24.3 Å². The van der Waals surface area contributed by atoms with Gasteiger partial charge in [-0.05, 0) is 12.1 Å². The van der Waals surface area contributed by atoms with Crippen LogP contribution in [0.5, 0.6) is 5.75 Å². The number of aliphatic hydroxyl groups excluding tert-OH is 1. The van der Waals surface area contributed by atoms with E-state index in [9.17, 15) is 19.8 Å². The second kappa shape index (κ2) is 6.63. The number of nitro benzene ring substituents is 1. The summed E-state index contributed by atoms with van der Waals surface area (Å²) in [6.07, 6.45) is -1.71. The van der Waals surface area contributed by atoms with E-state index in [1.54, 1.807) is 0 Å². The summed E-state index contributed by atoms with van der Waals surface area (Å²) >= 11 is 0. The van der Waals surface area contributed by atoms with Crippen molar-refractivity contribution >= 4 is 13.3 Å². The third-order valence-corrected chi connectivity index (χ3v) is 3.11. The van der Waals surface area contributed by atoms with Crippen LogP contribution in [0.15, 0.2) is 24.3 Å². The van der Waals surface area contributed by atoms with Gasteiger partial charge in [0.2, 0.25) is 0 Å². The van der Waals surface area contributed by atoms with Gasteiger partial charge in [-0.3, -0.25) is 14.7 Å². The Hall–Kier alpha value is -1.47. The summed E-state index contributed by atoms with van der Waals surface area (Å²) in [6.45, 7) is 0.0545. The predicted octanol–water partition coefficient (Wildman–Crippen LogP) is 0.902. The maximum absolute atomic E-state index is 10.6. The largest absolute Gasteiger partial charge is 0.493 e. The molecule has 1 rings (SSSR count). The van der Waals surface area contributed by atoms with Gasteiger partial charge in [-0.15, -0.1) is 0 Å². The van der Waals surface area contributed by atoms with E-state index in [0.717, 1.165) is 0 Å². The number of aliphatic hydroxyl groups is 1. The maximum Gasteiger partial charge on any atom is 0.328 e. The van der Waals surface area contributed by atoms with Gasteiger partial charge in [0.1, 0.15) is 5.75 Å². The number of rotatable bonds is 7. The highest BCUT2D eigenvalue weighted by atomic mass is 31.2. The number of hydrogen-bond donors (Lipinski definition) is 3. The molecule has 0 saturated carbocycles. The summed E-state index contributed by atoms with van der Waals surface area (Å²) in [7, 11) is -4.23. The van der Waals surface area contributed by atoms with Gasteiger partial charge in [0.25, 0.3) is 5.69 Å². The van der Waals surface area contributed by atoms with Crippen LogP contribution in [0.3, 0.4) is 0 Å². The molecule has 0 bridgehead atoms. The molecular weight excluding hydrogens is 277 g/mol. The van der Waals surface area contributed by atoms with Crippen LogP contribution < -0.4 is 4.74 Å². The van der Waals surface area contributed by atoms with Crippen LogP contribution >= 0.6 is 7.60 Å². The zero-order valence-corrected chi connectivity index (χ0v) is 10.8. The Morgan fingerprint density at radius 1 is 1.32 bits per heavy atom. The lowest BCUT2D eigenvalue weighted by Crippen LogP contribution is -2.16. The van der Waals surface area contributed by atoms with E-state index in [0.29, 0.717) is 5.75 Å². The van der Waals surface area contributed by atoms with Crippen LogP contribution in [-0.4, -0.2) is 38.7 Å². The van der Waals surface area contributed by atoms with Crippen molar-refractivity contribution < 1.29 is 29.1 Å². The van der Waals surface area contributed by atoms with E-state index < -0.39 is 24.8 Å². The van der Waals surface area contributed by atoms with Crippen LogP contribution in [0.25, 0.3) is 0 Å². The fraction of sp³-hybridized carbons (Fsp3) is 0.400. The molecule has 0 aromatic heterocycles. The monoisotopic (exact) mass is 291 g/mol. The number of nitrogens with zero attached hydrogens (tertiary/aromatic N) is 1. The molecular formula is C10H14NO7P. The molecule has 1 aromatic rings. The van der Waals surface area contributed by atoms with Gasteiger partial charge in [-0.1, -0.05) is 0 Å². The summed E-state index contributed by atoms with van der Waals surface area (Å²) in [5.41, 5.74) is -0.0612. The molecule has 0 saturated heterocycles. The third kappa shape index (κ3) is 6.30. The van der Waals surface area contributed by atoms with E-state index in [-0.39, 0.29) is 18.7 Å². The van der Waals surface area contributed by atoms with Crippen LogP contribution in [0, 0.1) is 10.1 Å². The summed E-state index contributed by atoms with van der Waals surface area (Å²) in [4.78, 5) is 27.1. The topological polar surface area (TPSA) is 130 Å². The van der Waals surface area contributed by atoms with Crippen LogP contribution in [0.2, 0.25) is 0 Å². The van der Waals surface area contributed by atoms with Crippen molar-refractivity contribution in [2.24, 2.45) is 0 Å². The molecule has 3 N–H and O–H groups in total. The van der Waals surface area contributed by atoms with Crippen molar-refractivity contribution in [3.05, 3.63) is 34.4 Å². The first-order chi connectivity index (χ1) is 8.78. The molecule has 1 atom stereocenters. The molecule has 9 heteroatoms. The minimum atomic E-state index is -4.23. The average molecular weight is 291 g/mol. The molecule has 0 aliphatic heterocycles. The Morgan fingerprint density at radius 2 is 1.89 bits per heavy atom. The highest BCUT2D eigenvalue weighted by Crippen LogP contribution is 2.35. The van der Waals surface area contributed by atoms with Crippen molar-refractivity contribution in [3.8, 4) is 5.75 Å². The summed E-state index contributed by atoms with van der Waals surface area (Å²) in [6, 6.07) is 5.38. The van der Waals surface area contributed by atoms with E-state index in [1.807, 2.05) is 0 Å².